The Hall–Kier alpha value is -2.25. The Morgan fingerprint density at radius 1 is 1.48 bits per heavy atom. The van der Waals surface area contributed by atoms with E-state index in [0.717, 1.165) is 23.9 Å². The van der Waals surface area contributed by atoms with Crippen LogP contribution in [0.1, 0.15) is 43.6 Å². The summed E-state index contributed by atoms with van der Waals surface area (Å²) in [7, 11) is 1.47. The van der Waals surface area contributed by atoms with Crippen LogP contribution in [-0.2, 0) is 11.8 Å². The molecule has 2 heterocycles. The summed E-state index contributed by atoms with van der Waals surface area (Å²) in [4.78, 5) is 27.7. The van der Waals surface area contributed by atoms with Gasteiger partial charge in [0.25, 0.3) is 0 Å². The molecule has 0 aliphatic heterocycles. The van der Waals surface area contributed by atoms with Crippen molar-refractivity contribution >= 4 is 11.6 Å². The number of unbranched alkanes of at least 4 members (excludes halogenated alkanes) is 1. The monoisotopic (exact) mass is 293 g/mol. The Bertz CT molecular complexity index is 691. The van der Waals surface area contributed by atoms with Gasteiger partial charge in [-0.1, -0.05) is 31.9 Å². The lowest BCUT2D eigenvalue weighted by Crippen LogP contribution is -2.27. The first kappa shape index (κ1) is 15.1. The molecule has 2 aromatic heterocycles. The van der Waals surface area contributed by atoms with Gasteiger partial charge in [-0.2, -0.15) is 4.68 Å². The number of aryl methyl sites for hydroxylation is 1. The van der Waals surface area contributed by atoms with E-state index in [1.807, 2.05) is 6.92 Å². The van der Waals surface area contributed by atoms with Gasteiger partial charge in [0.2, 0.25) is 0 Å². The second-order valence-electron chi connectivity index (χ2n) is 5.13. The predicted octanol–water partition coefficient (Wildman–Crippen LogP) is 0.806. The summed E-state index contributed by atoms with van der Waals surface area (Å²) in [5.74, 6) is -0.287. The minimum Gasteiger partial charge on any atom is -0.461 e. The molecule has 0 aliphatic rings. The van der Waals surface area contributed by atoms with Crippen molar-refractivity contribution in [1.82, 2.24) is 24.4 Å². The molecular formula is C13H19N5O3. The topological polar surface area (TPSA) is 91.4 Å². The lowest BCUT2D eigenvalue weighted by molar-refractivity contribution is 0.0438. The van der Waals surface area contributed by atoms with Crippen LogP contribution in [-0.4, -0.2) is 37.0 Å². The zero-order valence-electron chi connectivity index (χ0n) is 12.4. The summed E-state index contributed by atoms with van der Waals surface area (Å²) in [6, 6.07) is 0. The van der Waals surface area contributed by atoms with Crippen LogP contribution in [0.3, 0.4) is 0 Å². The smallest absolute Gasteiger partial charge is 0.360 e. The number of hydrogen-bond acceptors (Lipinski definition) is 6. The minimum atomic E-state index is -0.580. The van der Waals surface area contributed by atoms with Crippen molar-refractivity contribution in [2.45, 2.75) is 33.1 Å². The molecule has 21 heavy (non-hydrogen) atoms. The van der Waals surface area contributed by atoms with Gasteiger partial charge in [-0.3, -0.25) is 0 Å². The summed E-state index contributed by atoms with van der Waals surface area (Å²) in [6.45, 7) is 4.48. The third kappa shape index (κ3) is 3.26. The standard InChI is InChI=1S/C13H19N5O3/c1-4-5-6-9(2)7-21-12(19)10-11-15-16-17(3)13(20)18(11)8-14-10/h8-9H,4-7H2,1-3H3. The van der Waals surface area contributed by atoms with E-state index in [2.05, 4.69) is 22.2 Å². The highest BCUT2D eigenvalue weighted by Crippen LogP contribution is 2.10. The summed E-state index contributed by atoms with van der Waals surface area (Å²) in [6.07, 6.45) is 4.48. The Morgan fingerprint density at radius 2 is 2.24 bits per heavy atom. The molecule has 2 rings (SSSR count). The zero-order chi connectivity index (χ0) is 15.4. The molecule has 0 saturated carbocycles. The normalized spacial score (nSPS) is 12.5. The maximum absolute atomic E-state index is 12.0. The molecule has 8 heteroatoms. The third-order valence-corrected chi connectivity index (χ3v) is 3.24. The lowest BCUT2D eigenvalue weighted by Gasteiger charge is -2.10. The number of aromatic nitrogens is 5. The molecule has 0 aliphatic carbocycles. The van der Waals surface area contributed by atoms with Gasteiger partial charge in [0.1, 0.15) is 6.33 Å². The number of carbonyl (C=O) groups is 1. The number of fused-ring (bicyclic) bond motifs is 1. The summed E-state index contributed by atoms with van der Waals surface area (Å²) >= 11 is 0. The molecule has 0 spiro atoms. The first-order valence-electron chi connectivity index (χ1n) is 6.98. The van der Waals surface area contributed by atoms with Crippen molar-refractivity contribution in [3.05, 3.63) is 22.5 Å². The summed E-state index contributed by atoms with van der Waals surface area (Å²) < 4.78 is 7.47. The average molecular weight is 293 g/mol. The van der Waals surface area contributed by atoms with Gasteiger partial charge in [-0.15, -0.1) is 5.10 Å². The highest BCUT2D eigenvalue weighted by atomic mass is 16.5. The summed E-state index contributed by atoms with van der Waals surface area (Å²) in [5, 5.41) is 7.46. The van der Waals surface area contributed by atoms with Gasteiger partial charge in [-0.25, -0.2) is 19.0 Å². The van der Waals surface area contributed by atoms with Crippen LogP contribution in [0.25, 0.3) is 5.65 Å². The van der Waals surface area contributed by atoms with Gasteiger partial charge < -0.3 is 4.74 Å². The lowest BCUT2D eigenvalue weighted by atomic mass is 10.1. The molecule has 0 radical (unpaired) electrons. The van der Waals surface area contributed by atoms with Crippen molar-refractivity contribution in [2.75, 3.05) is 6.61 Å². The van der Waals surface area contributed by atoms with Crippen LogP contribution in [0.5, 0.6) is 0 Å². The number of imidazole rings is 1. The molecule has 114 valence electrons. The highest BCUT2D eigenvalue weighted by Gasteiger charge is 2.19. The average Bonchev–Trinajstić information content (AvgIpc) is 2.91. The molecule has 0 N–H and O–H groups in total. The van der Waals surface area contributed by atoms with Gasteiger partial charge in [-0.05, 0) is 12.3 Å². The Balaban J connectivity index is 2.10. The SMILES string of the molecule is CCCCC(C)COC(=O)c1ncn2c(=O)n(C)nnc12. The van der Waals surface area contributed by atoms with Crippen LogP contribution >= 0.6 is 0 Å². The second kappa shape index (κ2) is 6.47. The van der Waals surface area contributed by atoms with E-state index >= 15 is 0 Å². The number of nitrogens with zero attached hydrogens (tertiary/aromatic N) is 5. The van der Waals surface area contributed by atoms with Crippen molar-refractivity contribution in [3.8, 4) is 0 Å². The molecule has 2 aromatic rings. The fourth-order valence-electron chi connectivity index (χ4n) is 1.95. The molecule has 1 unspecified atom stereocenters. The van der Waals surface area contributed by atoms with E-state index in [9.17, 15) is 9.59 Å². The van der Waals surface area contributed by atoms with Crippen molar-refractivity contribution in [3.63, 3.8) is 0 Å². The van der Waals surface area contributed by atoms with Crippen LogP contribution in [0.2, 0.25) is 0 Å². The van der Waals surface area contributed by atoms with Gasteiger partial charge in [0.05, 0.1) is 6.61 Å². The first-order chi connectivity index (χ1) is 10.0. The first-order valence-corrected chi connectivity index (χ1v) is 6.98. The van der Waals surface area contributed by atoms with E-state index < -0.39 is 11.7 Å². The Morgan fingerprint density at radius 3 is 2.95 bits per heavy atom. The fraction of sp³-hybridized carbons (Fsp3) is 0.615. The van der Waals surface area contributed by atoms with Crippen molar-refractivity contribution in [2.24, 2.45) is 13.0 Å². The van der Waals surface area contributed by atoms with E-state index in [0.29, 0.717) is 12.5 Å². The van der Waals surface area contributed by atoms with Gasteiger partial charge in [0.15, 0.2) is 11.3 Å². The number of rotatable bonds is 6. The summed E-state index contributed by atoms with van der Waals surface area (Å²) in [5.41, 5.74) is -0.282. The van der Waals surface area contributed by atoms with Crippen LogP contribution in [0, 0.1) is 5.92 Å². The fourth-order valence-corrected chi connectivity index (χ4v) is 1.95. The van der Waals surface area contributed by atoms with Gasteiger partial charge in [0, 0.05) is 7.05 Å². The van der Waals surface area contributed by atoms with E-state index in [-0.39, 0.29) is 11.3 Å². The highest BCUT2D eigenvalue weighted by molar-refractivity contribution is 5.93. The van der Waals surface area contributed by atoms with E-state index in [1.54, 1.807) is 0 Å². The number of carbonyl (C=O) groups excluding carboxylic acids is 1. The molecule has 0 amide bonds. The van der Waals surface area contributed by atoms with Crippen molar-refractivity contribution < 1.29 is 9.53 Å². The molecular weight excluding hydrogens is 274 g/mol. The Kier molecular flexibility index (Phi) is 4.66. The number of esters is 1. The van der Waals surface area contributed by atoms with Crippen LogP contribution in [0.15, 0.2) is 11.1 Å². The zero-order valence-corrected chi connectivity index (χ0v) is 12.4. The molecule has 0 saturated heterocycles. The molecule has 0 fully saturated rings. The second-order valence-corrected chi connectivity index (χ2v) is 5.13. The van der Waals surface area contributed by atoms with E-state index in [1.165, 1.54) is 17.8 Å². The maximum atomic E-state index is 12.0. The largest absolute Gasteiger partial charge is 0.461 e. The number of ether oxygens (including phenoxy) is 1. The molecule has 8 nitrogen and oxygen atoms in total. The Labute approximate surface area is 121 Å². The maximum Gasteiger partial charge on any atom is 0.360 e. The number of hydrogen-bond donors (Lipinski definition) is 0. The molecule has 1 atom stereocenters. The van der Waals surface area contributed by atoms with Crippen molar-refractivity contribution in [1.29, 1.82) is 0 Å². The molecule has 0 aromatic carbocycles. The van der Waals surface area contributed by atoms with Crippen LogP contribution < -0.4 is 5.69 Å². The van der Waals surface area contributed by atoms with Crippen LogP contribution in [0.4, 0.5) is 0 Å². The third-order valence-electron chi connectivity index (χ3n) is 3.24. The quantitative estimate of drug-likeness (QED) is 0.732. The van der Waals surface area contributed by atoms with E-state index in [4.69, 9.17) is 4.74 Å². The minimum absolute atomic E-state index is 0.0166. The predicted molar refractivity (Wildman–Crippen MR) is 75.0 cm³/mol. The van der Waals surface area contributed by atoms with Gasteiger partial charge >= 0.3 is 11.7 Å². The molecule has 0 bridgehead atoms.